The lowest BCUT2D eigenvalue weighted by Crippen LogP contribution is -2.49. The van der Waals surface area contributed by atoms with Gasteiger partial charge in [-0.2, -0.15) is 0 Å². The number of nitrogens with zero attached hydrogens (tertiary/aromatic N) is 3. The van der Waals surface area contributed by atoms with Crippen molar-refractivity contribution >= 4 is 39.8 Å². The third-order valence-electron chi connectivity index (χ3n) is 5.07. The summed E-state index contributed by atoms with van der Waals surface area (Å²) in [5.41, 5.74) is 1.49. The highest BCUT2D eigenvalue weighted by Gasteiger charge is 2.26. The molecule has 1 aliphatic heterocycles. The summed E-state index contributed by atoms with van der Waals surface area (Å²) in [6, 6.07) is 11.4. The zero-order chi connectivity index (χ0) is 22.7. The average Bonchev–Trinajstić information content (AvgIpc) is 3.15. The highest BCUT2D eigenvalue weighted by molar-refractivity contribution is 7.17. The van der Waals surface area contributed by atoms with E-state index in [4.69, 9.17) is 0 Å². The van der Waals surface area contributed by atoms with Gasteiger partial charge in [0.15, 0.2) is 5.13 Å². The van der Waals surface area contributed by atoms with Gasteiger partial charge in [0.25, 0.3) is 5.91 Å². The highest BCUT2D eigenvalue weighted by atomic mass is 32.1. The second-order valence-corrected chi connectivity index (χ2v) is 8.25. The maximum atomic E-state index is 14.0. The van der Waals surface area contributed by atoms with Crippen LogP contribution in [-0.2, 0) is 0 Å². The number of aromatic nitrogens is 1. The Bertz CT molecular complexity index is 1130. The van der Waals surface area contributed by atoms with Crippen molar-refractivity contribution in [3.8, 4) is 0 Å². The monoisotopic (exact) mass is 457 g/mol. The zero-order valence-corrected chi connectivity index (χ0v) is 18.1. The number of para-hydroxylation sites is 1. The second-order valence-electron chi connectivity index (χ2n) is 7.25. The summed E-state index contributed by atoms with van der Waals surface area (Å²) in [6.45, 7) is 3.67. The molecular weight excluding hydrogens is 436 g/mol. The van der Waals surface area contributed by atoms with Crippen molar-refractivity contribution in [2.75, 3.05) is 41.7 Å². The molecule has 1 fully saturated rings. The predicted molar refractivity (Wildman–Crippen MR) is 120 cm³/mol. The molecule has 0 spiro atoms. The Kier molecular flexibility index (Phi) is 6.31. The number of amides is 3. The van der Waals surface area contributed by atoms with Crippen LogP contribution in [0.4, 0.5) is 30.1 Å². The number of urea groups is 1. The minimum absolute atomic E-state index is 0.167. The average molecular weight is 458 g/mol. The van der Waals surface area contributed by atoms with E-state index in [1.807, 2.05) is 4.90 Å². The molecule has 32 heavy (non-hydrogen) atoms. The van der Waals surface area contributed by atoms with Gasteiger partial charge in [-0.1, -0.05) is 23.5 Å². The van der Waals surface area contributed by atoms with E-state index in [0.29, 0.717) is 48.1 Å². The molecule has 2 N–H and O–H groups in total. The van der Waals surface area contributed by atoms with Crippen LogP contribution in [0.2, 0.25) is 0 Å². The summed E-state index contributed by atoms with van der Waals surface area (Å²) in [5, 5.41) is 5.47. The highest BCUT2D eigenvalue weighted by Crippen LogP contribution is 2.26. The molecule has 2 heterocycles. The van der Waals surface area contributed by atoms with E-state index in [9.17, 15) is 18.4 Å². The van der Waals surface area contributed by atoms with Crippen LogP contribution < -0.4 is 15.5 Å². The van der Waals surface area contributed by atoms with E-state index < -0.39 is 11.8 Å². The van der Waals surface area contributed by atoms with Gasteiger partial charge in [0.1, 0.15) is 16.5 Å². The Morgan fingerprint density at radius 2 is 1.66 bits per heavy atom. The van der Waals surface area contributed by atoms with E-state index in [1.54, 1.807) is 30.0 Å². The maximum Gasteiger partial charge on any atom is 0.325 e. The number of benzene rings is 2. The molecule has 10 heteroatoms. The van der Waals surface area contributed by atoms with Crippen molar-refractivity contribution in [1.29, 1.82) is 0 Å². The first-order valence-corrected chi connectivity index (χ1v) is 10.8. The van der Waals surface area contributed by atoms with Gasteiger partial charge in [-0.15, -0.1) is 0 Å². The molecule has 0 atom stereocenters. The molecule has 1 aromatic heterocycles. The van der Waals surface area contributed by atoms with E-state index in [-0.39, 0.29) is 16.9 Å². The minimum Gasteiger partial charge on any atom is -0.366 e. The van der Waals surface area contributed by atoms with Gasteiger partial charge < -0.3 is 15.1 Å². The fourth-order valence-electron chi connectivity index (χ4n) is 3.44. The smallest absolute Gasteiger partial charge is 0.325 e. The summed E-state index contributed by atoms with van der Waals surface area (Å²) in [7, 11) is 0. The van der Waals surface area contributed by atoms with Crippen molar-refractivity contribution in [1.82, 2.24) is 9.88 Å². The minimum atomic E-state index is -0.539. The maximum absolute atomic E-state index is 14.0. The van der Waals surface area contributed by atoms with Crippen molar-refractivity contribution in [2.24, 2.45) is 0 Å². The molecule has 1 saturated heterocycles. The predicted octanol–water partition coefficient (Wildman–Crippen LogP) is 4.34. The van der Waals surface area contributed by atoms with Crippen LogP contribution in [0.5, 0.6) is 0 Å². The lowest BCUT2D eigenvalue weighted by atomic mass is 10.2. The molecule has 0 bridgehead atoms. The number of thiazole rings is 1. The number of hydrogen-bond acceptors (Lipinski definition) is 5. The lowest BCUT2D eigenvalue weighted by molar-refractivity contribution is 0.0750. The number of anilines is 3. The largest absolute Gasteiger partial charge is 0.366 e. The summed E-state index contributed by atoms with van der Waals surface area (Å²) in [4.78, 5) is 33.5. The molecule has 2 aromatic carbocycles. The normalized spacial score (nSPS) is 13.7. The molecule has 0 aliphatic carbocycles. The summed E-state index contributed by atoms with van der Waals surface area (Å²) in [5.74, 6) is -0.843. The Labute approximate surface area is 187 Å². The number of halogens is 2. The standard InChI is InChI=1S/C22H21F2N5O2S/c1-14-19(32-22(25-14)27-21(31)26-16-8-6-15(23)7-9-16)20(30)29-12-10-28(11-13-29)18-5-3-2-4-17(18)24/h2-9H,10-13H2,1H3,(H2,25,26,27,31). The van der Waals surface area contributed by atoms with Crippen LogP contribution in [0.3, 0.4) is 0 Å². The van der Waals surface area contributed by atoms with Gasteiger partial charge in [-0.25, -0.2) is 18.6 Å². The SMILES string of the molecule is Cc1nc(NC(=O)Nc2ccc(F)cc2)sc1C(=O)N1CCN(c2ccccc2F)CC1. The molecule has 7 nitrogen and oxygen atoms in total. The van der Waals surface area contributed by atoms with Gasteiger partial charge in [0, 0.05) is 31.9 Å². The van der Waals surface area contributed by atoms with Crippen molar-refractivity contribution < 1.29 is 18.4 Å². The van der Waals surface area contributed by atoms with Crippen LogP contribution >= 0.6 is 11.3 Å². The molecule has 0 unspecified atom stereocenters. The van der Waals surface area contributed by atoms with Crippen LogP contribution in [0.15, 0.2) is 48.5 Å². The molecular formula is C22H21F2N5O2S. The van der Waals surface area contributed by atoms with E-state index in [0.717, 1.165) is 11.3 Å². The number of carbonyl (C=O) groups is 2. The van der Waals surface area contributed by atoms with Crippen LogP contribution in [-0.4, -0.2) is 48.0 Å². The molecule has 166 valence electrons. The Balaban J connectivity index is 1.36. The summed E-state index contributed by atoms with van der Waals surface area (Å²) in [6.07, 6.45) is 0. The molecule has 3 amide bonds. The molecule has 4 rings (SSSR count). The van der Waals surface area contributed by atoms with Crippen LogP contribution in [0, 0.1) is 18.6 Å². The number of hydrogen-bond donors (Lipinski definition) is 2. The van der Waals surface area contributed by atoms with Gasteiger partial charge >= 0.3 is 6.03 Å². The molecule has 1 aliphatic rings. The lowest BCUT2D eigenvalue weighted by Gasteiger charge is -2.36. The number of carbonyl (C=O) groups excluding carboxylic acids is 2. The van der Waals surface area contributed by atoms with E-state index >= 15 is 0 Å². The Hall–Kier alpha value is -3.53. The summed E-state index contributed by atoms with van der Waals surface area (Å²) >= 11 is 1.09. The van der Waals surface area contributed by atoms with Crippen LogP contribution in [0.1, 0.15) is 15.4 Å². The zero-order valence-electron chi connectivity index (χ0n) is 17.3. The fourth-order valence-corrected chi connectivity index (χ4v) is 4.37. The number of nitrogens with one attached hydrogen (secondary N) is 2. The first kappa shape index (κ1) is 21.7. The summed E-state index contributed by atoms with van der Waals surface area (Å²) < 4.78 is 27.0. The first-order chi connectivity index (χ1) is 15.4. The van der Waals surface area contributed by atoms with Crippen LogP contribution in [0.25, 0.3) is 0 Å². The van der Waals surface area contributed by atoms with Crippen molar-refractivity contribution in [3.05, 3.63) is 70.7 Å². The number of piperazine rings is 1. The number of aryl methyl sites for hydroxylation is 1. The molecule has 0 saturated carbocycles. The van der Waals surface area contributed by atoms with Crippen molar-refractivity contribution in [2.45, 2.75) is 6.92 Å². The number of rotatable bonds is 4. The van der Waals surface area contributed by atoms with Crippen molar-refractivity contribution in [3.63, 3.8) is 0 Å². The van der Waals surface area contributed by atoms with Gasteiger partial charge in [0.05, 0.1) is 11.4 Å². The van der Waals surface area contributed by atoms with Gasteiger partial charge in [-0.05, 0) is 43.3 Å². The van der Waals surface area contributed by atoms with E-state index in [1.165, 1.54) is 30.3 Å². The quantitative estimate of drug-likeness (QED) is 0.611. The third-order valence-corrected chi connectivity index (χ3v) is 6.13. The van der Waals surface area contributed by atoms with Gasteiger partial charge in [0.2, 0.25) is 0 Å². The second kappa shape index (κ2) is 9.31. The molecule has 3 aromatic rings. The third kappa shape index (κ3) is 4.86. The fraction of sp³-hybridized carbons (Fsp3) is 0.227. The Morgan fingerprint density at radius 3 is 2.34 bits per heavy atom. The van der Waals surface area contributed by atoms with Gasteiger partial charge in [-0.3, -0.25) is 10.1 Å². The first-order valence-electron chi connectivity index (χ1n) is 10.0. The molecule has 0 radical (unpaired) electrons. The topological polar surface area (TPSA) is 77.6 Å². The van der Waals surface area contributed by atoms with E-state index in [2.05, 4.69) is 15.6 Å². The Morgan fingerprint density at radius 1 is 0.969 bits per heavy atom.